The summed E-state index contributed by atoms with van der Waals surface area (Å²) in [7, 11) is 0. The van der Waals surface area contributed by atoms with E-state index in [1.165, 1.54) is 6.21 Å². The van der Waals surface area contributed by atoms with E-state index < -0.39 is 12.0 Å². The average Bonchev–Trinajstić information content (AvgIpc) is 2.71. The Kier molecular flexibility index (Phi) is 7.11. The zero-order valence-electron chi connectivity index (χ0n) is 15.5. The predicted molar refractivity (Wildman–Crippen MR) is 115 cm³/mol. The predicted octanol–water partition coefficient (Wildman–Crippen LogP) is 5.70. The molecule has 0 aliphatic rings. The normalized spacial score (nSPS) is 11.8. The Labute approximate surface area is 178 Å². The maximum Gasteiger partial charge on any atom is 0.280 e. The Morgan fingerprint density at radius 1 is 1.00 bits per heavy atom. The number of rotatable bonds is 7. The highest BCUT2D eigenvalue weighted by Gasteiger charge is 2.15. The van der Waals surface area contributed by atoms with Crippen LogP contribution in [0.4, 0.5) is 0 Å². The van der Waals surface area contributed by atoms with Crippen molar-refractivity contribution in [2.75, 3.05) is 0 Å². The van der Waals surface area contributed by atoms with Crippen molar-refractivity contribution in [2.45, 2.75) is 13.0 Å². The SMILES string of the molecule is CC(Oc1ccc(Cl)cc1Cl)C(=O)NN=Cc1cccc(Oc2ccccc2)c1. The van der Waals surface area contributed by atoms with Gasteiger partial charge in [0.2, 0.25) is 0 Å². The zero-order valence-corrected chi connectivity index (χ0v) is 17.0. The van der Waals surface area contributed by atoms with Gasteiger partial charge in [0.1, 0.15) is 17.2 Å². The lowest BCUT2D eigenvalue weighted by molar-refractivity contribution is -0.127. The Balaban J connectivity index is 1.56. The first kappa shape index (κ1) is 20.7. The lowest BCUT2D eigenvalue weighted by Gasteiger charge is -2.14. The third-order valence-corrected chi connectivity index (χ3v) is 4.32. The van der Waals surface area contributed by atoms with Crippen LogP contribution in [0, 0.1) is 0 Å². The van der Waals surface area contributed by atoms with E-state index >= 15 is 0 Å². The maximum absolute atomic E-state index is 12.2. The van der Waals surface area contributed by atoms with Crippen molar-refractivity contribution in [1.82, 2.24) is 5.43 Å². The first-order chi connectivity index (χ1) is 14.0. The van der Waals surface area contributed by atoms with Crippen molar-refractivity contribution in [3.63, 3.8) is 0 Å². The van der Waals surface area contributed by atoms with Crippen LogP contribution in [-0.4, -0.2) is 18.2 Å². The molecule has 0 saturated carbocycles. The first-order valence-corrected chi connectivity index (χ1v) is 9.54. The van der Waals surface area contributed by atoms with E-state index in [9.17, 15) is 4.79 Å². The van der Waals surface area contributed by atoms with Gasteiger partial charge in [-0.05, 0) is 55.0 Å². The van der Waals surface area contributed by atoms with Crippen LogP contribution >= 0.6 is 23.2 Å². The van der Waals surface area contributed by atoms with Crippen molar-refractivity contribution in [2.24, 2.45) is 5.10 Å². The van der Waals surface area contributed by atoms with Gasteiger partial charge in [-0.15, -0.1) is 0 Å². The molecule has 0 heterocycles. The largest absolute Gasteiger partial charge is 0.479 e. The Morgan fingerprint density at radius 2 is 1.76 bits per heavy atom. The van der Waals surface area contributed by atoms with Crippen LogP contribution < -0.4 is 14.9 Å². The van der Waals surface area contributed by atoms with Crippen LogP contribution in [0.15, 0.2) is 77.9 Å². The number of nitrogens with zero attached hydrogens (tertiary/aromatic N) is 1. The van der Waals surface area contributed by atoms with Gasteiger partial charge in [-0.1, -0.05) is 53.5 Å². The monoisotopic (exact) mass is 428 g/mol. The molecule has 0 fully saturated rings. The van der Waals surface area contributed by atoms with Crippen LogP contribution in [0.3, 0.4) is 0 Å². The van der Waals surface area contributed by atoms with Crippen LogP contribution in [-0.2, 0) is 4.79 Å². The molecule has 3 aromatic rings. The number of amides is 1. The van der Waals surface area contributed by atoms with Crippen molar-refractivity contribution >= 4 is 35.3 Å². The highest BCUT2D eigenvalue weighted by Crippen LogP contribution is 2.28. The molecule has 0 aromatic heterocycles. The van der Waals surface area contributed by atoms with E-state index in [-0.39, 0.29) is 0 Å². The van der Waals surface area contributed by atoms with E-state index in [0.717, 1.165) is 11.3 Å². The summed E-state index contributed by atoms with van der Waals surface area (Å²) in [6, 6.07) is 21.6. The molecule has 0 bridgehead atoms. The molecule has 29 heavy (non-hydrogen) atoms. The van der Waals surface area contributed by atoms with E-state index in [0.29, 0.717) is 21.5 Å². The molecule has 0 aliphatic carbocycles. The van der Waals surface area contributed by atoms with Crippen LogP contribution in [0.1, 0.15) is 12.5 Å². The Hall–Kier alpha value is -3.02. The van der Waals surface area contributed by atoms with Gasteiger partial charge in [0.25, 0.3) is 5.91 Å². The van der Waals surface area contributed by atoms with Crippen LogP contribution in [0.5, 0.6) is 17.2 Å². The second kappa shape index (κ2) is 9.96. The van der Waals surface area contributed by atoms with Gasteiger partial charge >= 0.3 is 0 Å². The Morgan fingerprint density at radius 3 is 2.52 bits per heavy atom. The lowest BCUT2D eigenvalue weighted by atomic mass is 10.2. The molecule has 3 rings (SSSR count). The molecular weight excluding hydrogens is 411 g/mol. The number of nitrogens with one attached hydrogen (secondary N) is 1. The molecule has 7 heteroatoms. The summed E-state index contributed by atoms with van der Waals surface area (Å²) in [4.78, 5) is 12.2. The van der Waals surface area contributed by atoms with Crippen molar-refractivity contribution in [3.8, 4) is 17.2 Å². The molecule has 3 aromatic carbocycles. The van der Waals surface area contributed by atoms with Crippen molar-refractivity contribution < 1.29 is 14.3 Å². The molecule has 0 radical (unpaired) electrons. The summed E-state index contributed by atoms with van der Waals surface area (Å²) in [5, 5.41) is 4.79. The molecule has 1 atom stereocenters. The number of carbonyl (C=O) groups excluding carboxylic acids is 1. The number of hydrogen-bond donors (Lipinski definition) is 1. The summed E-state index contributed by atoms with van der Waals surface area (Å²) in [6.07, 6.45) is 0.733. The molecule has 5 nitrogen and oxygen atoms in total. The molecule has 1 unspecified atom stereocenters. The summed E-state index contributed by atoms with van der Waals surface area (Å²) in [5.74, 6) is 1.36. The minimum atomic E-state index is -0.793. The number of ether oxygens (including phenoxy) is 2. The molecule has 148 valence electrons. The third-order valence-electron chi connectivity index (χ3n) is 3.79. The van der Waals surface area contributed by atoms with Gasteiger partial charge in [-0.25, -0.2) is 5.43 Å². The topological polar surface area (TPSA) is 59.9 Å². The Bertz CT molecular complexity index is 1010. The van der Waals surface area contributed by atoms with Gasteiger partial charge in [0.15, 0.2) is 6.10 Å². The number of para-hydroxylation sites is 1. The van der Waals surface area contributed by atoms with Gasteiger partial charge in [0, 0.05) is 5.02 Å². The summed E-state index contributed by atoms with van der Waals surface area (Å²) < 4.78 is 11.3. The fraction of sp³-hybridized carbons (Fsp3) is 0.0909. The third kappa shape index (κ3) is 6.24. The summed E-state index contributed by atoms with van der Waals surface area (Å²) in [6.45, 7) is 1.60. The van der Waals surface area contributed by atoms with E-state index in [1.807, 2.05) is 54.6 Å². The second-order valence-electron chi connectivity index (χ2n) is 6.06. The van der Waals surface area contributed by atoms with Gasteiger partial charge in [-0.2, -0.15) is 5.10 Å². The molecule has 0 spiro atoms. The lowest BCUT2D eigenvalue weighted by Crippen LogP contribution is -2.33. The first-order valence-electron chi connectivity index (χ1n) is 8.79. The number of benzene rings is 3. The van der Waals surface area contributed by atoms with Gasteiger partial charge in [-0.3, -0.25) is 4.79 Å². The number of carbonyl (C=O) groups is 1. The highest BCUT2D eigenvalue weighted by atomic mass is 35.5. The van der Waals surface area contributed by atoms with E-state index in [1.54, 1.807) is 25.1 Å². The van der Waals surface area contributed by atoms with Crippen molar-refractivity contribution in [3.05, 3.63) is 88.4 Å². The summed E-state index contributed by atoms with van der Waals surface area (Å²) in [5.41, 5.74) is 3.22. The minimum Gasteiger partial charge on any atom is -0.479 e. The standard InChI is InChI=1S/C22H18Cl2N2O3/c1-15(28-21-11-10-17(23)13-20(21)24)22(27)26-25-14-16-6-5-9-19(12-16)29-18-7-3-2-4-8-18/h2-15H,1H3,(H,26,27). The number of halogens is 2. The second-order valence-corrected chi connectivity index (χ2v) is 6.90. The minimum absolute atomic E-state index is 0.330. The van der Waals surface area contributed by atoms with Gasteiger partial charge in [0.05, 0.1) is 11.2 Å². The molecule has 1 amide bonds. The fourth-order valence-electron chi connectivity index (χ4n) is 2.36. The smallest absolute Gasteiger partial charge is 0.280 e. The number of hydrogen-bond acceptors (Lipinski definition) is 4. The molecule has 0 aliphatic heterocycles. The van der Waals surface area contributed by atoms with Crippen molar-refractivity contribution in [1.29, 1.82) is 0 Å². The molecular formula is C22H18Cl2N2O3. The molecule has 0 saturated heterocycles. The highest BCUT2D eigenvalue weighted by molar-refractivity contribution is 6.35. The zero-order chi connectivity index (χ0) is 20.6. The fourth-order valence-corrected chi connectivity index (χ4v) is 2.81. The van der Waals surface area contributed by atoms with E-state index in [4.69, 9.17) is 32.7 Å². The summed E-state index contributed by atoms with van der Waals surface area (Å²) >= 11 is 11.9. The molecule has 1 N–H and O–H groups in total. The quantitative estimate of drug-likeness (QED) is 0.387. The average molecular weight is 429 g/mol. The van der Waals surface area contributed by atoms with Gasteiger partial charge < -0.3 is 9.47 Å². The maximum atomic E-state index is 12.2. The van der Waals surface area contributed by atoms with Crippen LogP contribution in [0.2, 0.25) is 10.0 Å². The van der Waals surface area contributed by atoms with E-state index in [2.05, 4.69) is 10.5 Å². The number of hydrazone groups is 1. The van der Waals surface area contributed by atoms with Crippen LogP contribution in [0.25, 0.3) is 0 Å².